The maximum Gasteiger partial charge on any atom is 0.336 e. The number of aromatic nitrogens is 3. The van der Waals surface area contributed by atoms with Crippen molar-refractivity contribution < 1.29 is 14.3 Å². The van der Waals surface area contributed by atoms with Crippen molar-refractivity contribution in [3.05, 3.63) is 65.7 Å². The second-order valence-corrected chi connectivity index (χ2v) is 6.40. The summed E-state index contributed by atoms with van der Waals surface area (Å²) in [6, 6.07) is 18.1. The van der Waals surface area contributed by atoms with E-state index < -0.39 is 0 Å². The molecule has 0 amide bonds. The largest absolute Gasteiger partial charge is 0.460 e. The topological polar surface area (TPSA) is 66.2 Å². The van der Waals surface area contributed by atoms with E-state index in [0.29, 0.717) is 31.9 Å². The summed E-state index contributed by atoms with van der Waals surface area (Å²) in [5.74, 6) is 0.376. The quantitative estimate of drug-likeness (QED) is 0.529. The molecule has 0 unspecified atom stereocenters. The third kappa shape index (κ3) is 5.04. The molecule has 0 saturated heterocycles. The number of benzene rings is 2. The van der Waals surface area contributed by atoms with Crippen LogP contribution in [0.15, 0.2) is 54.6 Å². The number of hydrogen-bond donors (Lipinski definition) is 0. The van der Waals surface area contributed by atoms with Gasteiger partial charge >= 0.3 is 6.01 Å². The maximum absolute atomic E-state index is 12.9. The van der Waals surface area contributed by atoms with Crippen LogP contribution in [0.1, 0.15) is 29.3 Å². The van der Waals surface area contributed by atoms with Gasteiger partial charge in [0.25, 0.3) is 0 Å². The Labute approximate surface area is 165 Å². The average molecular weight is 379 g/mol. The van der Waals surface area contributed by atoms with Crippen molar-refractivity contribution in [2.24, 2.45) is 0 Å². The number of rotatable bonds is 9. The van der Waals surface area contributed by atoms with Crippen molar-refractivity contribution in [2.45, 2.75) is 26.2 Å². The minimum Gasteiger partial charge on any atom is -0.460 e. The summed E-state index contributed by atoms with van der Waals surface area (Å²) in [5.41, 5.74) is 3.17. The van der Waals surface area contributed by atoms with Crippen LogP contribution in [-0.4, -0.2) is 41.0 Å². The van der Waals surface area contributed by atoms with Crippen LogP contribution in [0.2, 0.25) is 0 Å². The van der Waals surface area contributed by atoms with Crippen LogP contribution in [0.3, 0.4) is 0 Å². The van der Waals surface area contributed by atoms with Crippen LogP contribution in [0, 0.1) is 0 Å². The highest BCUT2D eigenvalue weighted by molar-refractivity contribution is 5.82. The first-order chi connectivity index (χ1) is 13.7. The second kappa shape index (κ2) is 9.80. The first kappa shape index (κ1) is 19.8. The van der Waals surface area contributed by atoms with Crippen LogP contribution in [0.4, 0.5) is 0 Å². The fourth-order valence-corrected chi connectivity index (χ4v) is 2.82. The number of carbonyl (C=O) groups is 1. The zero-order chi connectivity index (χ0) is 19.8. The van der Waals surface area contributed by atoms with E-state index in [1.54, 1.807) is 7.11 Å². The molecule has 0 aliphatic rings. The summed E-state index contributed by atoms with van der Waals surface area (Å²) in [6.07, 6.45) is 1.94. The molecule has 146 valence electrons. The lowest BCUT2D eigenvalue weighted by molar-refractivity contribution is 0.0885. The van der Waals surface area contributed by atoms with Crippen LogP contribution < -0.4 is 4.74 Å². The molecule has 1 aromatic heterocycles. The molecule has 0 radical (unpaired) electrons. The van der Waals surface area contributed by atoms with E-state index >= 15 is 0 Å². The zero-order valence-electron chi connectivity index (χ0n) is 16.3. The summed E-state index contributed by atoms with van der Waals surface area (Å²) in [5, 5.41) is 4.29. The molecule has 6 nitrogen and oxygen atoms in total. The molecule has 0 fully saturated rings. The summed E-state index contributed by atoms with van der Waals surface area (Å²) >= 11 is 0. The predicted octanol–water partition coefficient (Wildman–Crippen LogP) is 3.81. The van der Waals surface area contributed by atoms with E-state index in [9.17, 15) is 4.79 Å². The lowest BCUT2D eigenvalue weighted by atomic mass is 10.1. The van der Waals surface area contributed by atoms with Crippen LogP contribution in [-0.2, 0) is 17.6 Å². The van der Waals surface area contributed by atoms with Gasteiger partial charge in [-0.15, -0.1) is 5.10 Å². The normalized spacial score (nSPS) is 10.8. The van der Waals surface area contributed by atoms with Crippen LogP contribution in [0.25, 0.3) is 11.4 Å². The Morgan fingerprint density at radius 1 is 1.00 bits per heavy atom. The van der Waals surface area contributed by atoms with Crippen molar-refractivity contribution in [1.82, 2.24) is 14.8 Å². The Balaban J connectivity index is 1.82. The lowest BCUT2D eigenvalue weighted by Crippen LogP contribution is -2.15. The number of ether oxygens (including phenoxy) is 2. The molecular weight excluding hydrogens is 354 g/mol. The van der Waals surface area contributed by atoms with Gasteiger partial charge in [0.15, 0.2) is 5.82 Å². The third-order valence-electron chi connectivity index (χ3n) is 4.43. The highest BCUT2D eigenvalue weighted by Gasteiger charge is 2.18. The summed E-state index contributed by atoms with van der Waals surface area (Å²) < 4.78 is 11.9. The van der Waals surface area contributed by atoms with E-state index in [2.05, 4.69) is 17.0 Å². The molecule has 28 heavy (non-hydrogen) atoms. The Hall–Kier alpha value is -2.99. The number of hydrogen-bond acceptors (Lipinski definition) is 5. The third-order valence-corrected chi connectivity index (χ3v) is 4.43. The van der Waals surface area contributed by atoms with Gasteiger partial charge in [-0.05, 0) is 24.0 Å². The Kier molecular flexibility index (Phi) is 6.92. The molecule has 6 heteroatoms. The second-order valence-electron chi connectivity index (χ2n) is 6.40. The SMILES string of the molecule is CCc1ccc(-c2nc(OCCOC)nn2C(=O)CCc2ccccc2)cc1. The standard InChI is InChI=1S/C22H25N3O3/c1-3-17-9-12-19(13-10-17)21-23-22(28-16-15-27-2)24-25(21)20(26)14-11-18-7-5-4-6-8-18/h4-10,12-13H,3,11,14-16H2,1-2H3. The summed E-state index contributed by atoms with van der Waals surface area (Å²) in [7, 11) is 1.60. The van der Waals surface area contributed by atoms with Gasteiger partial charge < -0.3 is 9.47 Å². The van der Waals surface area contributed by atoms with Crippen molar-refractivity contribution in [1.29, 1.82) is 0 Å². The molecule has 0 spiro atoms. The number of aryl methyl sites for hydroxylation is 2. The molecule has 2 aromatic carbocycles. The average Bonchev–Trinajstić information content (AvgIpc) is 3.17. The van der Waals surface area contributed by atoms with Gasteiger partial charge in [0.05, 0.1) is 6.61 Å². The maximum atomic E-state index is 12.9. The number of nitrogens with zero attached hydrogens (tertiary/aromatic N) is 3. The van der Waals surface area contributed by atoms with E-state index in [1.165, 1.54) is 10.2 Å². The predicted molar refractivity (Wildman–Crippen MR) is 108 cm³/mol. The molecule has 3 aromatic rings. The molecule has 3 rings (SSSR count). The minimum atomic E-state index is -0.118. The molecule has 0 atom stereocenters. The molecule has 0 N–H and O–H groups in total. The molecule has 1 heterocycles. The molecular formula is C22H25N3O3. The fraction of sp³-hybridized carbons (Fsp3) is 0.318. The van der Waals surface area contributed by atoms with Gasteiger partial charge in [0.1, 0.15) is 6.61 Å². The van der Waals surface area contributed by atoms with Gasteiger partial charge in [-0.3, -0.25) is 4.79 Å². The van der Waals surface area contributed by atoms with Gasteiger partial charge in [-0.2, -0.15) is 9.67 Å². The number of methoxy groups -OCH3 is 1. The lowest BCUT2D eigenvalue weighted by Gasteiger charge is -2.05. The first-order valence-corrected chi connectivity index (χ1v) is 9.46. The van der Waals surface area contributed by atoms with E-state index in [4.69, 9.17) is 9.47 Å². The molecule has 0 aliphatic heterocycles. The van der Waals surface area contributed by atoms with Crippen molar-refractivity contribution in [3.63, 3.8) is 0 Å². The highest BCUT2D eigenvalue weighted by Crippen LogP contribution is 2.21. The highest BCUT2D eigenvalue weighted by atomic mass is 16.5. The van der Waals surface area contributed by atoms with Crippen LogP contribution >= 0.6 is 0 Å². The fourth-order valence-electron chi connectivity index (χ4n) is 2.82. The Morgan fingerprint density at radius 3 is 2.43 bits per heavy atom. The molecule has 0 saturated carbocycles. The Bertz CT molecular complexity index is 889. The Morgan fingerprint density at radius 2 is 1.75 bits per heavy atom. The van der Waals surface area contributed by atoms with E-state index in [1.807, 2.05) is 54.6 Å². The first-order valence-electron chi connectivity index (χ1n) is 9.46. The van der Waals surface area contributed by atoms with E-state index in [-0.39, 0.29) is 11.9 Å². The molecule has 0 aliphatic carbocycles. The van der Waals surface area contributed by atoms with Gasteiger partial charge in [-0.25, -0.2) is 0 Å². The van der Waals surface area contributed by atoms with Crippen LogP contribution in [0.5, 0.6) is 6.01 Å². The molecule has 0 bridgehead atoms. The van der Waals surface area contributed by atoms with Gasteiger partial charge in [0, 0.05) is 19.1 Å². The van der Waals surface area contributed by atoms with E-state index in [0.717, 1.165) is 17.5 Å². The van der Waals surface area contributed by atoms with Crippen molar-refractivity contribution >= 4 is 5.91 Å². The van der Waals surface area contributed by atoms with Crippen molar-refractivity contribution in [2.75, 3.05) is 20.3 Å². The minimum absolute atomic E-state index is 0.118. The summed E-state index contributed by atoms with van der Waals surface area (Å²) in [6.45, 7) is 2.86. The van der Waals surface area contributed by atoms with Gasteiger partial charge in [-0.1, -0.05) is 61.5 Å². The monoisotopic (exact) mass is 379 g/mol. The van der Waals surface area contributed by atoms with Gasteiger partial charge in [0.2, 0.25) is 5.91 Å². The smallest absolute Gasteiger partial charge is 0.336 e. The number of carbonyl (C=O) groups excluding carboxylic acids is 1. The zero-order valence-corrected chi connectivity index (χ0v) is 16.3. The summed E-state index contributed by atoms with van der Waals surface area (Å²) in [4.78, 5) is 17.3. The van der Waals surface area contributed by atoms with Crippen molar-refractivity contribution in [3.8, 4) is 17.4 Å².